The molecule has 0 rings (SSSR count). The van der Waals surface area contributed by atoms with Gasteiger partial charge in [-0.25, -0.2) is 0 Å². The maximum absolute atomic E-state index is 12.9. The molecule has 0 aromatic rings. The highest BCUT2D eigenvalue weighted by atomic mass is 16.6. The summed E-state index contributed by atoms with van der Waals surface area (Å²) in [5.41, 5.74) is 0. The fourth-order valence-corrected chi connectivity index (χ4v) is 9.14. The summed E-state index contributed by atoms with van der Waals surface area (Å²) in [6.07, 6.45) is 53.7. The zero-order valence-corrected chi connectivity index (χ0v) is 45.5. The number of hydrogen-bond donors (Lipinski definition) is 0. The maximum atomic E-state index is 12.9. The fraction of sp³-hybridized carbons (Fsp3) is 0.950. The number of rotatable bonds is 53. The summed E-state index contributed by atoms with van der Waals surface area (Å²) in [5.74, 6) is 1.71. The standard InChI is InChI=1S/C60H116O6/c1-7-56(6)48-42-36-30-24-20-21-26-32-38-44-50-59(62)65-53-57(66-60(63)51-45-39-33-27-19-15-14-17-23-29-35-41-47-55(4)5)52-64-58(61)49-43-37-31-25-18-13-11-9-8-10-12-16-22-28-34-40-46-54(2)3/h54-57H,7-53H2,1-6H3/t56?,57-/m1/s1. The van der Waals surface area contributed by atoms with E-state index in [9.17, 15) is 14.4 Å². The lowest BCUT2D eigenvalue weighted by Crippen LogP contribution is -2.30. The molecule has 0 spiro atoms. The number of carbonyl (C=O) groups excluding carboxylic acids is 3. The van der Waals surface area contributed by atoms with Gasteiger partial charge in [0.1, 0.15) is 13.2 Å². The Labute approximate surface area is 412 Å². The lowest BCUT2D eigenvalue weighted by Gasteiger charge is -2.18. The minimum absolute atomic E-state index is 0.0634. The molecule has 0 bridgehead atoms. The molecule has 0 radical (unpaired) electrons. The quantitative estimate of drug-likeness (QED) is 0.0343. The van der Waals surface area contributed by atoms with Crippen molar-refractivity contribution in [1.82, 2.24) is 0 Å². The smallest absolute Gasteiger partial charge is 0.306 e. The molecular formula is C60H116O6. The van der Waals surface area contributed by atoms with E-state index in [1.807, 2.05) is 0 Å². The molecule has 0 aliphatic heterocycles. The number of hydrogen-bond acceptors (Lipinski definition) is 6. The molecule has 0 aliphatic carbocycles. The van der Waals surface area contributed by atoms with Crippen molar-refractivity contribution in [2.24, 2.45) is 17.8 Å². The van der Waals surface area contributed by atoms with E-state index in [1.54, 1.807) is 0 Å². The maximum Gasteiger partial charge on any atom is 0.306 e. The van der Waals surface area contributed by atoms with Gasteiger partial charge in [0, 0.05) is 19.3 Å². The van der Waals surface area contributed by atoms with Crippen LogP contribution in [-0.2, 0) is 28.6 Å². The van der Waals surface area contributed by atoms with Crippen LogP contribution < -0.4 is 0 Å². The van der Waals surface area contributed by atoms with Gasteiger partial charge >= 0.3 is 17.9 Å². The average Bonchev–Trinajstić information content (AvgIpc) is 3.29. The Morgan fingerprint density at radius 2 is 0.530 bits per heavy atom. The van der Waals surface area contributed by atoms with Gasteiger partial charge in [-0.15, -0.1) is 0 Å². The van der Waals surface area contributed by atoms with Crippen LogP contribution in [0.15, 0.2) is 0 Å². The van der Waals surface area contributed by atoms with E-state index < -0.39 is 6.10 Å². The van der Waals surface area contributed by atoms with Crippen molar-refractivity contribution in [2.75, 3.05) is 13.2 Å². The van der Waals surface area contributed by atoms with Crippen molar-refractivity contribution in [1.29, 1.82) is 0 Å². The van der Waals surface area contributed by atoms with Crippen molar-refractivity contribution in [2.45, 2.75) is 337 Å². The van der Waals surface area contributed by atoms with Crippen LogP contribution in [0.3, 0.4) is 0 Å². The lowest BCUT2D eigenvalue weighted by atomic mass is 9.99. The number of carbonyl (C=O) groups is 3. The summed E-state index contributed by atoms with van der Waals surface area (Å²) in [4.78, 5) is 38.2. The van der Waals surface area contributed by atoms with Crippen LogP contribution in [0.25, 0.3) is 0 Å². The summed E-state index contributed by atoms with van der Waals surface area (Å²) < 4.78 is 16.9. The van der Waals surface area contributed by atoms with Crippen LogP contribution in [0.1, 0.15) is 330 Å². The van der Waals surface area contributed by atoms with Crippen molar-refractivity contribution < 1.29 is 28.6 Å². The zero-order chi connectivity index (χ0) is 48.4. The second-order valence-electron chi connectivity index (χ2n) is 21.8. The van der Waals surface area contributed by atoms with Crippen LogP contribution in [0.5, 0.6) is 0 Å². The molecule has 0 heterocycles. The lowest BCUT2D eigenvalue weighted by molar-refractivity contribution is -0.167. The molecule has 0 fully saturated rings. The largest absolute Gasteiger partial charge is 0.462 e. The highest BCUT2D eigenvalue weighted by Gasteiger charge is 2.19. The first-order valence-corrected chi connectivity index (χ1v) is 29.6. The van der Waals surface area contributed by atoms with Crippen LogP contribution in [0.2, 0.25) is 0 Å². The first-order valence-electron chi connectivity index (χ1n) is 29.6. The molecule has 2 atom stereocenters. The van der Waals surface area contributed by atoms with Gasteiger partial charge in [0.15, 0.2) is 6.10 Å². The van der Waals surface area contributed by atoms with Crippen molar-refractivity contribution in [3.63, 3.8) is 0 Å². The predicted molar refractivity (Wildman–Crippen MR) is 284 cm³/mol. The fourth-order valence-electron chi connectivity index (χ4n) is 9.14. The Morgan fingerprint density at radius 3 is 0.788 bits per heavy atom. The first kappa shape index (κ1) is 64.4. The van der Waals surface area contributed by atoms with Crippen LogP contribution in [0.4, 0.5) is 0 Å². The van der Waals surface area contributed by atoms with Crippen LogP contribution >= 0.6 is 0 Å². The van der Waals surface area contributed by atoms with Crippen molar-refractivity contribution in [3.05, 3.63) is 0 Å². The Balaban J connectivity index is 4.29. The van der Waals surface area contributed by atoms with E-state index in [-0.39, 0.29) is 31.1 Å². The molecule has 392 valence electrons. The highest BCUT2D eigenvalue weighted by molar-refractivity contribution is 5.71. The van der Waals surface area contributed by atoms with E-state index in [4.69, 9.17) is 14.2 Å². The molecule has 0 amide bonds. The molecule has 0 aromatic carbocycles. The molecule has 0 saturated carbocycles. The Hall–Kier alpha value is -1.59. The SMILES string of the molecule is CCC(C)CCCCCCCCCCCCC(=O)OC[C@@H](COC(=O)CCCCCCCCCCCCCCCCCCC(C)C)OC(=O)CCCCCCCCCCCCCCC(C)C. The molecule has 6 nitrogen and oxygen atoms in total. The van der Waals surface area contributed by atoms with Gasteiger partial charge in [-0.3, -0.25) is 14.4 Å². The second-order valence-corrected chi connectivity index (χ2v) is 21.8. The van der Waals surface area contributed by atoms with Crippen LogP contribution in [0, 0.1) is 17.8 Å². The third-order valence-corrected chi connectivity index (χ3v) is 14.0. The molecule has 0 aromatic heterocycles. The van der Waals surface area contributed by atoms with E-state index in [0.717, 1.165) is 75.5 Å². The van der Waals surface area contributed by atoms with E-state index in [2.05, 4.69) is 41.5 Å². The number of esters is 3. The third-order valence-electron chi connectivity index (χ3n) is 14.0. The monoisotopic (exact) mass is 933 g/mol. The number of ether oxygens (including phenoxy) is 3. The molecule has 6 heteroatoms. The van der Waals surface area contributed by atoms with E-state index in [0.29, 0.717) is 19.3 Å². The van der Waals surface area contributed by atoms with Gasteiger partial charge in [-0.05, 0) is 37.0 Å². The van der Waals surface area contributed by atoms with Gasteiger partial charge < -0.3 is 14.2 Å². The average molecular weight is 934 g/mol. The minimum Gasteiger partial charge on any atom is -0.462 e. The van der Waals surface area contributed by atoms with Gasteiger partial charge in [0.2, 0.25) is 0 Å². The summed E-state index contributed by atoms with van der Waals surface area (Å²) in [6.45, 7) is 13.8. The van der Waals surface area contributed by atoms with Gasteiger partial charge in [0.05, 0.1) is 0 Å². The summed E-state index contributed by atoms with van der Waals surface area (Å²) in [6, 6.07) is 0. The van der Waals surface area contributed by atoms with Gasteiger partial charge in [-0.1, -0.05) is 292 Å². The van der Waals surface area contributed by atoms with E-state index >= 15 is 0 Å². The summed E-state index contributed by atoms with van der Waals surface area (Å²) >= 11 is 0. The molecule has 66 heavy (non-hydrogen) atoms. The predicted octanol–water partition coefficient (Wildman–Crippen LogP) is 19.5. The molecule has 0 saturated heterocycles. The van der Waals surface area contributed by atoms with Crippen LogP contribution in [-0.4, -0.2) is 37.2 Å². The molecule has 0 aliphatic rings. The molecule has 1 unspecified atom stereocenters. The van der Waals surface area contributed by atoms with Gasteiger partial charge in [0.25, 0.3) is 0 Å². The Bertz CT molecular complexity index is 1020. The second kappa shape index (κ2) is 51.3. The Kier molecular flexibility index (Phi) is 50.0. The van der Waals surface area contributed by atoms with E-state index in [1.165, 1.54) is 212 Å². The van der Waals surface area contributed by atoms with Crippen molar-refractivity contribution in [3.8, 4) is 0 Å². The third kappa shape index (κ3) is 51.8. The molecular weight excluding hydrogens is 817 g/mol. The van der Waals surface area contributed by atoms with Gasteiger partial charge in [-0.2, -0.15) is 0 Å². The minimum atomic E-state index is -0.764. The molecule has 0 N–H and O–H groups in total. The Morgan fingerprint density at radius 1 is 0.303 bits per heavy atom. The topological polar surface area (TPSA) is 78.9 Å². The summed E-state index contributed by atoms with van der Waals surface area (Å²) in [5, 5.41) is 0. The van der Waals surface area contributed by atoms with Crippen molar-refractivity contribution >= 4 is 17.9 Å². The summed E-state index contributed by atoms with van der Waals surface area (Å²) in [7, 11) is 0. The number of unbranched alkanes of at least 4 members (excludes halogenated alkanes) is 35. The highest BCUT2D eigenvalue weighted by Crippen LogP contribution is 2.19. The first-order chi connectivity index (χ1) is 32.1. The zero-order valence-electron chi connectivity index (χ0n) is 45.5. The normalized spacial score (nSPS) is 12.5.